The van der Waals surface area contributed by atoms with Crippen molar-refractivity contribution < 1.29 is 9.90 Å². The lowest BCUT2D eigenvalue weighted by Crippen LogP contribution is -2.53. The molecule has 0 radical (unpaired) electrons. The second-order valence-electron chi connectivity index (χ2n) is 7.09. The molecule has 2 aliphatic heterocycles. The summed E-state index contributed by atoms with van der Waals surface area (Å²) >= 11 is 1.82. The lowest BCUT2D eigenvalue weighted by Gasteiger charge is -2.39. The normalized spacial score (nSPS) is 27.9. The van der Waals surface area contributed by atoms with Crippen LogP contribution >= 0.6 is 11.8 Å². The van der Waals surface area contributed by atoms with Crippen LogP contribution in [-0.4, -0.2) is 61.3 Å². The first-order valence-corrected chi connectivity index (χ1v) is 9.83. The van der Waals surface area contributed by atoms with Gasteiger partial charge in [0, 0.05) is 24.9 Å². The van der Waals surface area contributed by atoms with E-state index in [0.717, 1.165) is 42.5 Å². The summed E-state index contributed by atoms with van der Waals surface area (Å²) < 4.78 is 0. The first-order chi connectivity index (χ1) is 11.2. The van der Waals surface area contributed by atoms with Gasteiger partial charge in [-0.15, -0.1) is 0 Å². The summed E-state index contributed by atoms with van der Waals surface area (Å²) in [6.07, 6.45) is 5.52. The minimum absolute atomic E-state index is 0.0829. The fourth-order valence-corrected chi connectivity index (χ4v) is 4.77. The number of rotatable bonds is 3. The van der Waals surface area contributed by atoms with Crippen LogP contribution in [0, 0.1) is 0 Å². The minimum atomic E-state index is -1.15. The number of hydrogen-bond acceptors (Lipinski definition) is 5. The quantitative estimate of drug-likeness (QED) is 0.877. The number of amides is 1. The van der Waals surface area contributed by atoms with Crippen LogP contribution in [0.4, 0.5) is 0 Å². The van der Waals surface area contributed by atoms with Gasteiger partial charge in [-0.2, -0.15) is 16.9 Å². The van der Waals surface area contributed by atoms with Gasteiger partial charge in [-0.1, -0.05) is 0 Å². The number of H-pyrrole nitrogens is 1. The third kappa shape index (κ3) is 3.13. The van der Waals surface area contributed by atoms with E-state index in [1.165, 1.54) is 12.8 Å². The van der Waals surface area contributed by atoms with E-state index in [0.29, 0.717) is 25.3 Å². The summed E-state index contributed by atoms with van der Waals surface area (Å²) in [6, 6.07) is 0. The maximum Gasteiger partial charge on any atom is 0.254 e. The molecule has 1 amide bonds. The number of piperidine rings is 1. The average Bonchev–Trinajstić information content (AvgIpc) is 3.32. The Morgan fingerprint density at radius 2 is 2.04 bits per heavy atom. The van der Waals surface area contributed by atoms with Gasteiger partial charge in [0.15, 0.2) is 5.82 Å². The molecule has 2 N–H and O–H groups in total. The van der Waals surface area contributed by atoms with Gasteiger partial charge in [0.05, 0.1) is 0 Å². The van der Waals surface area contributed by atoms with Gasteiger partial charge in [-0.3, -0.25) is 9.89 Å². The third-order valence-corrected chi connectivity index (χ3v) is 6.26. The van der Waals surface area contributed by atoms with E-state index in [9.17, 15) is 9.90 Å². The van der Waals surface area contributed by atoms with Crippen LogP contribution in [0.25, 0.3) is 0 Å². The summed E-state index contributed by atoms with van der Waals surface area (Å²) in [4.78, 5) is 19.3. The minimum Gasteiger partial charge on any atom is -0.380 e. The van der Waals surface area contributed by atoms with Crippen molar-refractivity contribution in [3.8, 4) is 0 Å². The molecule has 4 rings (SSSR count). The topological polar surface area (TPSA) is 82.1 Å². The van der Waals surface area contributed by atoms with Gasteiger partial charge in [-0.25, -0.2) is 4.98 Å². The molecule has 3 fully saturated rings. The van der Waals surface area contributed by atoms with Gasteiger partial charge in [0.1, 0.15) is 11.4 Å². The second kappa shape index (κ2) is 6.09. The molecule has 1 aliphatic carbocycles. The molecule has 0 bridgehead atoms. The predicted octanol–water partition coefficient (Wildman–Crippen LogP) is 1.65. The molecule has 3 heterocycles. The first-order valence-electron chi connectivity index (χ1n) is 8.67. The molecule has 3 aliphatic rings. The summed E-state index contributed by atoms with van der Waals surface area (Å²) in [6.45, 7) is 1.38. The zero-order chi connectivity index (χ0) is 15.9. The number of carbonyl (C=O) groups excluding carboxylic acids is 1. The van der Waals surface area contributed by atoms with Crippen molar-refractivity contribution in [1.82, 2.24) is 20.1 Å². The van der Waals surface area contributed by atoms with E-state index < -0.39 is 5.60 Å². The molecule has 1 atom stereocenters. The third-order valence-electron chi connectivity index (χ3n) is 5.28. The monoisotopic (exact) mass is 336 g/mol. The number of likely N-dealkylation sites (tertiary alicyclic amines) is 1. The van der Waals surface area contributed by atoms with Crippen LogP contribution < -0.4 is 0 Å². The maximum atomic E-state index is 12.8. The molecule has 1 saturated carbocycles. The number of aliphatic hydroxyl groups is 1. The van der Waals surface area contributed by atoms with Crippen molar-refractivity contribution in [3.05, 3.63) is 11.6 Å². The van der Waals surface area contributed by atoms with Crippen molar-refractivity contribution >= 4 is 17.7 Å². The van der Waals surface area contributed by atoms with Gasteiger partial charge < -0.3 is 10.0 Å². The SMILES string of the molecule is O=C(N1CCCC(c2n[nH]c(C3CC3)n2)C1)C1(O)CCSCC1. The Balaban J connectivity index is 1.44. The summed E-state index contributed by atoms with van der Waals surface area (Å²) in [7, 11) is 0. The lowest BCUT2D eigenvalue weighted by atomic mass is 9.91. The Hall–Kier alpha value is -1.08. The second-order valence-corrected chi connectivity index (χ2v) is 8.31. The number of aromatic amines is 1. The number of thioether (sulfide) groups is 1. The van der Waals surface area contributed by atoms with Gasteiger partial charge in [0.25, 0.3) is 5.91 Å². The standard InChI is InChI=1S/C16H24N4O2S/c21-15(16(22)5-8-23-9-6-16)20-7-1-2-12(10-20)14-17-13(18-19-14)11-3-4-11/h11-12,22H,1-10H2,(H,17,18,19). The van der Waals surface area contributed by atoms with Crippen LogP contribution in [0.3, 0.4) is 0 Å². The summed E-state index contributed by atoms with van der Waals surface area (Å²) in [5.74, 6) is 4.26. The molecular formula is C16H24N4O2S. The van der Waals surface area contributed by atoms with Crippen molar-refractivity contribution in [2.45, 2.75) is 56.0 Å². The molecule has 2 saturated heterocycles. The highest BCUT2D eigenvalue weighted by atomic mass is 32.2. The fourth-order valence-electron chi connectivity index (χ4n) is 3.60. The van der Waals surface area contributed by atoms with E-state index in [4.69, 9.17) is 0 Å². The number of hydrogen-bond donors (Lipinski definition) is 2. The Kier molecular flexibility index (Phi) is 4.09. The Morgan fingerprint density at radius 3 is 2.78 bits per heavy atom. The Bertz CT molecular complexity index is 580. The largest absolute Gasteiger partial charge is 0.380 e. The smallest absolute Gasteiger partial charge is 0.254 e. The van der Waals surface area contributed by atoms with E-state index in [2.05, 4.69) is 15.2 Å². The van der Waals surface area contributed by atoms with Crippen LogP contribution in [0.15, 0.2) is 0 Å². The van der Waals surface area contributed by atoms with E-state index >= 15 is 0 Å². The Labute approximate surface area is 140 Å². The predicted molar refractivity (Wildman–Crippen MR) is 88.4 cm³/mol. The van der Waals surface area contributed by atoms with E-state index in [-0.39, 0.29) is 11.8 Å². The average molecular weight is 336 g/mol. The van der Waals surface area contributed by atoms with Crippen molar-refractivity contribution in [3.63, 3.8) is 0 Å². The molecule has 1 unspecified atom stereocenters. The molecule has 23 heavy (non-hydrogen) atoms. The lowest BCUT2D eigenvalue weighted by molar-refractivity contribution is -0.153. The zero-order valence-electron chi connectivity index (χ0n) is 13.3. The van der Waals surface area contributed by atoms with Crippen LogP contribution in [0.1, 0.15) is 62.0 Å². The van der Waals surface area contributed by atoms with Crippen molar-refractivity contribution in [1.29, 1.82) is 0 Å². The molecule has 1 aromatic rings. The molecule has 1 aromatic heterocycles. The highest BCUT2D eigenvalue weighted by Gasteiger charge is 2.42. The number of aromatic nitrogens is 3. The van der Waals surface area contributed by atoms with Crippen LogP contribution in [-0.2, 0) is 4.79 Å². The van der Waals surface area contributed by atoms with Crippen molar-refractivity contribution in [2.24, 2.45) is 0 Å². The number of carbonyl (C=O) groups is 1. The van der Waals surface area contributed by atoms with Gasteiger partial charge in [-0.05, 0) is 50.0 Å². The van der Waals surface area contributed by atoms with Gasteiger partial charge >= 0.3 is 0 Å². The summed E-state index contributed by atoms with van der Waals surface area (Å²) in [5, 5.41) is 18.1. The Morgan fingerprint density at radius 1 is 1.26 bits per heavy atom. The highest BCUT2D eigenvalue weighted by molar-refractivity contribution is 7.99. The van der Waals surface area contributed by atoms with E-state index in [1.54, 1.807) is 0 Å². The zero-order valence-corrected chi connectivity index (χ0v) is 14.1. The van der Waals surface area contributed by atoms with Crippen molar-refractivity contribution in [2.75, 3.05) is 24.6 Å². The summed E-state index contributed by atoms with van der Waals surface area (Å²) in [5.41, 5.74) is -1.15. The number of nitrogens with zero attached hydrogens (tertiary/aromatic N) is 3. The highest BCUT2D eigenvalue weighted by Crippen LogP contribution is 2.38. The number of nitrogens with one attached hydrogen (secondary N) is 1. The molecule has 7 heteroatoms. The molecular weight excluding hydrogens is 312 g/mol. The molecule has 6 nitrogen and oxygen atoms in total. The van der Waals surface area contributed by atoms with Crippen LogP contribution in [0.2, 0.25) is 0 Å². The molecule has 0 aromatic carbocycles. The molecule has 0 spiro atoms. The maximum absolute atomic E-state index is 12.8. The van der Waals surface area contributed by atoms with E-state index in [1.807, 2.05) is 16.7 Å². The van der Waals surface area contributed by atoms with Crippen LogP contribution in [0.5, 0.6) is 0 Å². The fraction of sp³-hybridized carbons (Fsp3) is 0.812. The first kappa shape index (κ1) is 15.4. The van der Waals surface area contributed by atoms with Gasteiger partial charge in [0.2, 0.25) is 0 Å². The molecule has 126 valence electrons.